The van der Waals surface area contributed by atoms with Gasteiger partial charge in [-0.3, -0.25) is 0 Å². The molecule has 0 spiro atoms. The van der Waals surface area contributed by atoms with Gasteiger partial charge in [0.15, 0.2) is 0 Å². The van der Waals surface area contributed by atoms with Gasteiger partial charge in [0.25, 0.3) is 0 Å². The lowest BCUT2D eigenvalue weighted by Gasteiger charge is -2.28. The molecule has 0 aromatic heterocycles. The molecular formula is C10H12ClNO. The quantitative estimate of drug-likeness (QED) is 0.787. The Morgan fingerprint density at radius 3 is 2.85 bits per heavy atom. The Balaban J connectivity index is 2.14. The lowest BCUT2D eigenvalue weighted by atomic mass is 10.1. The van der Waals surface area contributed by atoms with E-state index >= 15 is 0 Å². The molecule has 1 aromatic carbocycles. The summed E-state index contributed by atoms with van der Waals surface area (Å²) in [6.45, 7) is 3.61. The zero-order valence-electron chi connectivity index (χ0n) is 7.51. The van der Waals surface area contributed by atoms with Gasteiger partial charge in [0.05, 0.1) is 19.3 Å². The number of ether oxygens (including phenoxy) is 1. The molecule has 2 nitrogen and oxygen atoms in total. The number of hydrogen-bond acceptors (Lipinski definition) is 2. The number of halogens is 1. The third kappa shape index (κ3) is 1.79. The lowest BCUT2D eigenvalue weighted by Crippen LogP contribution is -2.40. The molecule has 13 heavy (non-hydrogen) atoms. The summed E-state index contributed by atoms with van der Waals surface area (Å²) in [7, 11) is 0. The first-order valence-electron chi connectivity index (χ1n) is 4.37. The van der Waals surface area contributed by atoms with Crippen LogP contribution in [0.5, 0.6) is 0 Å². The van der Waals surface area contributed by atoms with E-state index in [-0.39, 0.29) is 0 Å². The molecule has 1 fully saturated rings. The van der Waals surface area contributed by atoms with Gasteiger partial charge in [-0.05, 0) is 24.6 Å². The number of anilines is 1. The van der Waals surface area contributed by atoms with Crippen LogP contribution in [0, 0.1) is 6.92 Å². The van der Waals surface area contributed by atoms with Crippen LogP contribution in [-0.4, -0.2) is 19.3 Å². The van der Waals surface area contributed by atoms with Crippen LogP contribution in [0.4, 0.5) is 5.69 Å². The van der Waals surface area contributed by atoms with Crippen molar-refractivity contribution < 1.29 is 4.74 Å². The van der Waals surface area contributed by atoms with Crippen molar-refractivity contribution in [3.63, 3.8) is 0 Å². The molecule has 3 heteroatoms. The molecule has 1 aliphatic heterocycles. The van der Waals surface area contributed by atoms with Gasteiger partial charge in [-0.1, -0.05) is 17.7 Å². The molecule has 1 saturated heterocycles. The Morgan fingerprint density at radius 2 is 2.23 bits per heavy atom. The zero-order chi connectivity index (χ0) is 9.26. The third-order valence-electron chi connectivity index (χ3n) is 2.27. The van der Waals surface area contributed by atoms with Gasteiger partial charge in [-0.25, -0.2) is 0 Å². The van der Waals surface area contributed by atoms with Crippen molar-refractivity contribution in [1.29, 1.82) is 0 Å². The van der Waals surface area contributed by atoms with E-state index < -0.39 is 0 Å². The first-order valence-corrected chi connectivity index (χ1v) is 4.74. The summed E-state index contributed by atoms with van der Waals surface area (Å²) >= 11 is 5.99. The van der Waals surface area contributed by atoms with Crippen LogP contribution in [0.15, 0.2) is 18.2 Å². The predicted molar refractivity (Wildman–Crippen MR) is 54.4 cm³/mol. The van der Waals surface area contributed by atoms with Gasteiger partial charge < -0.3 is 10.1 Å². The van der Waals surface area contributed by atoms with E-state index in [9.17, 15) is 0 Å². The average molecular weight is 198 g/mol. The number of rotatable bonds is 2. The minimum absolute atomic E-state index is 0.456. The van der Waals surface area contributed by atoms with Crippen LogP contribution in [-0.2, 0) is 4.74 Å². The molecule has 1 N–H and O–H groups in total. The SMILES string of the molecule is Cc1c(Cl)cccc1NC1COC1. The highest BCUT2D eigenvalue weighted by molar-refractivity contribution is 6.31. The standard InChI is InChI=1S/C10H12ClNO/c1-7-9(11)3-2-4-10(7)12-8-5-13-6-8/h2-4,8,12H,5-6H2,1H3. The lowest BCUT2D eigenvalue weighted by molar-refractivity contribution is 0.0211. The van der Waals surface area contributed by atoms with Gasteiger partial charge >= 0.3 is 0 Å². The summed E-state index contributed by atoms with van der Waals surface area (Å²) in [6.07, 6.45) is 0. The van der Waals surface area contributed by atoms with Gasteiger partial charge in [0.1, 0.15) is 0 Å². The first kappa shape index (κ1) is 8.85. The Kier molecular flexibility index (Phi) is 2.42. The molecule has 1 aromatic rings. The number of benzene rings is 1. The van der Waals surface area contributed by atoms with Crippen LogP contribution < -0.4 is 5.32 Å². The van der Waals surface area contributed by atoms with Crippen molar-refractivity contribution in [2.75, 3.05) is 18.5 Å². The van der Waals surface area contributed by atoms with Crippen molar-refractivity contribution in [3.8, 4) is 0 Å². The Labute approximate surface area is 82.9 Å². The summed E-state index contributed by atoms with van der Waals surface area (Å²) in [5.74, 6) is 0. The maximum Gasteiger partial charge on any atom is 0.0728 e. The fourth-order valence-electron chi connectivity index (χ4n) is 1.30. The van der Waals surface area contributed by atoms with E-state index in [0.29, 0.717) is 6.04 Å². The van der Waals surface area contributed by atoms with Crippen LogP contribution >= 0.6 is 11.6 Å². The molecule has 1 aliphatic rings. The summed E-state index contributed by atoms with van der Waals surface area (Å²) in [6, 6.07) is 6.35. The zero-order valence-corrected chi connectivity index (χ0v) is 8.27. The second-order valence-corrected chi connectivity index (χ2v) is 3.70. The van der Waals surface area contributed by atoms with E-state index in [4.69, 9.17) is 16.3 Å². The first-order chi connectivity index (χ1) is 6.27. The molecule has 2 rings (SSSR count). The Bertz CT molecular complexity index is 310. The van der Waals surface area contributed by atoms with Crippen molar-refractivity contribution in [1.82, 2.24) is 0 Å². The van der Waals surface area contributed by atoms with Crippen LogP contribution in [0.2, 0.25) is 5.02 Å². The summed E-state index contributed by atoms with van der Waals surface area (Å²) < 4.78 is 5.08. The van der Waals surface area contributed by atoms with E-state index in [2.05, 4.69) is 5.32 Å². The summed E-state index contributed by atoms with van der Waals surface area (Å²) in [5, 5.41) is 4.19. The molecule has 0 amide bonds. The third-order valence-corrected chi connectivity index (χ3v) is 2.67. The van der Waals surface area contributed by atoms with Crippen molar-refractivity contribution in [2.45, 2.75) is 13.0 Å². The summed E-state index contributed by atoms with van der Waals surface area (Å²) in [5.41, 5.74) is 2.22. The monoisotopic (exact) mass is 197 g/mol. The fourth-order valence-corrected chi connectivity index (χ4v) is 1.48. The highest BCUT2D eigenvalue weighted by Crippen LogP contribution is 2.24. The van der Waals surface area contributed by atoms with Gasteiger partial charge in [-0.2, -0.15) is 0 Å². The number of hydrogen-bond donors (Lipinski definition) is 1. The second-order valence-electron chi connectivity index (χ2n) is 3.29. The topological polar surface area (TPSA) is 21.3 Å². The van der Waals surface area contributed by atoms with Crippen molar-refractivity contribution >= 4 is 17.3 Å². The van der Waals surface area contributed by atoms with Crippen molar-refractivity contribution in [3.05, 3.63) is 28.8 Å². The minimum atomic E-state index is 0.456. The second kappa shape index (κ2) is 3.56. The maximum atomic E-state index is 5.99. The molecule has 1 heterocycles. The largest absolute Gasteiger partial charge is 0.377 e. The normalized spacial score (nSPS) is 16.8. The molecule has 0 aliphatic carbocycles. The summed E-state index contributed by atoms with van der Waals surface area (Å²) in [4.78, 5) is 0. The van der Waals surface area contributed by atoms with Gasteiger partial charge in [-0.15, -0.1) is 0 Å². The average Bonchev–Trinajstić information content (AvgIpc) is 2.04. The predicted octanol–water partition coefficient (Wildman–Crippen LogP) is 2.46. The molecule has 70 valence electrons. The highest BCUT2D eigenvalue weighted by Gasteiger charge is 2.18. The van der Waals surface area contributed by atoms with E-state index in [1.165, 1.54) is 0 Å². The fraction of sp³-hybridized carbons (Fsp3) is 0.400. The van der Waals surface area contributed by atoms with E-state index in [1.807, 2.05) is 25.1 Å². The molecule has 0 unspecified atom stereocenters. The van der Waals surface area contributed by atoms with Crippen LogP contribution in [0.3, 0.4) is 0 Å². The van der Waals surface area contributed by atoms with Crippen LogP contribution in [0.1, 0.15) is 5.56 Å². The molecule has 0 bridgehead atoms. The minimum Gasteiger partial charge on any atom is -0.377 e. The Hall–Kier alpha value is -0.730. The van der Waals surface area contributed by atoms with Crippen LogP contribution in [0.25, 0.3) is 0 Å². The van der Waals surface area contributed by atoms with E-state index in [1.54, 1.807) is 0 Å². The molecule has 0 atom stereocenters. The van der Waals surface area contributed by atoms with E-state index in [0.717, 1.165) is 29.5 Å². The molecule has 0 radical (unpaired) electrons. The Morgan fingerprint density at radius 1 is 1.46 bits per heavy atom. The number of nitrogens with one attached hydrogen (secondary N) is 1. The van der Waals surface area contributed by atoms with Crippen molar-refractivity contribution in [2.24, 2.45) is 0 Å². The maximum absolute atomic E-state index is 5.99. The molecular weight excluding hydrogens is 186 g/mol. The highest BCUT2D eigenvalue weighted by atomic mass is 35.5. The van der Waals surface area contributed by atoms with Gasteiger partial charge in [0, 0.05) is 10.7 Å². The van der Waals surface area contributed by atoms with Gasteiger partial charge in [0.2, 0.25) is 0 Å². The smallest absolute Gasteiger partial charge is 0.0728 e. The molecule has 0 saturated carbocycles.